The Kier molecular flexibility index (Phi) is 8.74. The fourth-order valence-corrected chi connectivity index (χ4v) is 4.61. The molecule has 7 nitrogen and oxygen atoms in total. The fourth-order valence-electron chi connectivity index (χ4n) is 3.91. The van der Waals surface area contributed by atoms with E-state index in [-0.39, 0.29) is 5.91 Å². The first-order valence-electron chi connectivity index (χ1n) is 11.9. The van der Waals surface area contributed by atoms with Crippen LogP contribution in [-0.4, -0.2) is 67.2 Å². The molecule has 186 valence electrons. The van der Waals surface area contributed by atoms with Crippen molar-refractivity contribution in [1.82, 2.24) is 14.8 Å². The van der Waals surface area contributed by atoms with Crippen LogP contribution in [0, 0.1) is 13.8 Å². The summed E-state index contributed by atoms with van der Waals surface area (Å²) in [6, 6.07) is 13.4. The predicted octanol–water partition coefficient (Wildman–Crippen LogP) is 4.32. The highest BCUT2D eigenvalue weighted by Crippen LogP contribution is 2.21. The summed E-state index contributed by atoms with van der Waals surface area (Å²) in [5.41, 5.74) is 3.92. The van der Waals surface area contributed by atoms with Crippen molar-refractivity contribution in [3.63, 3.8) is 0 Å². The van der Waals surface area contributed by atoms with Crippen molar-refractivity contribution < 1.29 is 19.0 Å². The predicted molar refractivity (Wildman–Crippen MR) is 137 cm³/mol. The molecule has 0 saturated carbocycles. The number of nitrogens with zero attached hydrogens (tertiary/aromatic N) is 3. The largest absolute Gasteiger partial charge is 0.497 e. The van der Waals surface area contributed by atoms with E-state index in [0.29, 0.717) is 31.0 Å². The van der Waals surface area contributed by atoms with Crippen molar-refractivity contribution in [3.05, 3.63) is 75.2 Å². The number of amides is 1. The third-order valence-electron chi connectivity index (χ3n) is 6.19. The molecule has 1 amide bonds. The molecule has 1 fully saturated rings. The Hall–Kier alpha value is -2.94. The number of benzene rings is 2. The van der Waals surface area contributed by atoms with Gasteiger partial charge in [-0.1, -0.05) is 12.1 Å². The quantitative estimate of drug-likeness (QED) is 0.417. The second-order valence-electron chi connectivity index (χ2n) is 8.68. The summed E-state index contributed by atoms with van der Waals surface area (Å²) in [7, 11) is 1.61. The molecule has 0 unspecified atom stereocenters. The third kappa shape index (κ3) is 7.04. The zero-order valence-electron chi connectivity index (χ0n) is 20.7. The van der Waals surface area contributed by atoms with E-state index >= 15 is 0 Å². The van der Waals surface area contributed by atoms with E-state index in [2.05, 4.69) is 24.8 Å². The van der Waals surface area contributed by atoms with Gasteiger partial charge >= 0.3 is 0 Å². The summed E-state index contributed by atoms with van der Waals surface area (Å²) in [5.74, 6) is 1.48. The van der Waals surface area contributed by atoms with E-state index < -0.39 is 0 Å². The van der Waals surface area contributed by atoms with Gasteiger partial charge in [-0.2, -0.15) is 0 Å². The lowest BCUT2D eigenvalue weighted by molar-refractivity contribution is 0.0319. The van der Waals surface area contributed by atoms with Crippen LogP contribution in [0.5, 0.6) is 11.5 Å². The number of aromatic nitrogens is 1. The van der Waals surface area contributed by atoms with E-state index in [0.717, 1.165) is 49.3 Å². The maximum atomic E-state index is 13.4. The third-order valence-corrected chi connectivity index (χ3v) is 7.06. The smallest absolute Gasteiger partial charge is 0.254 e. The Morgan fingerprint density at radius 1 is 1.11 bits per heavy atom. The van der Waals surface area contributed by atoms with Gasteiger partial charge in [0.25, 0.3) is 5.91 Å². The van der Waals surface area contributed by atoms with Gasteiger partial charge in [0.15, 0.2) is 0 Å². The van der Waals surface area contributed by atoms with Crippen molar-refractivity contribution in [2.45, 2.75) is 27.0 Å². The minimum Gasteiger partial charge on any atom is -0.497 e. The SMILES string of the molecule is COc1cccc(C(=O)N(CCN2CCOCC2)Cc2csc(COc3ccc(C)c(C)c3)n2)c1. The Balaban J connectivity index is 1.43. The van der Waals surface area contributed by atoms with Gasteiger partial charge in [-0.05, 0) is 55.3 Å². The molecule has 4 rings (SSSR count). The second-order valence-corrected chi connectivity index (χ2v) is 9.62. The highest BCUT2D eigenvalue weighted by Gasteiger charge is 2.20. The van der Waals surface area contributed by atoms with Gasteiger partial charge in [0.2, 0.25) is 0 Å². The van der Waals surface area contributed by atoms with E-state index in [4.69, 9.17) is 19.2 Å². The molecular weight excluding hydrogens is 462 g/mol. The van der Waals surface area contributed by atoms with Crippen LogP contribution in [0.3, 0.4) is 0 Å². The first kappa shape index (κ1) is 25.2. The number of hydrogen-bond acceptors (Lipinski definition) is 7. The molecule has 35 heavy (non-hydrogen) atoms. The highest BCUT2D eigenvalue weighted by atomic mass is 32.1. The average molecular weight is 496 g/mol. The number of morpholine rings is 1. The van der Waals surface area contributed by atoms with Crippen LogP contribution in [0.4, 0.5) is 0 Å². The van der Waals surface area contributed by atoms with E-state index in [9.17, 15) is 4.79 Å². The molecule has 2 heterocycles. The summed E-state index contributed by atoms with van der Waals surface area (Å²) < 4.78 is 16.7. The molecule has 2 aromatic carbocycles. The summed E-state index contributed by atoms with van der Waals surface area (Å²) in [6.45, 7) is 9.67. The number of methoxy groups -OCH3 is 1. The number of ether oxygens (including phenoxy) is 3. The molecule has 1 saturated heterocycles. The normalized spacial score (nSPS) is 14.0. The van der Waals surface area contributed by atoms with Crippen molar-refractivity contribution in [3.8, 4) is 11.5 Å². The summed E-state index contributed by atoms with van der Waals surface area (Å²) in [4.78, 5) is 22.4. The Bertz CT molecular complexity index is 1130. The molecule has 1 aromatic heterocycles. The second kappa shape index (κ2) is 12.2. The maximum absolute atomic E-state index is 13.4. The van der Waals surface area contributed by atoms with Crippen LogP contribution in [0.15, 0.2) is 47.8 Å². The minimum atomic E-state index is -0.0295. The van der Waals surface area contributed by atoms with Crippen molar-refractivity contribution in [2.75, 3.05) is 46.5 Å². The number of carbonyl (C=O) groups excluding carboxylic acids is 1. The molecule has 1 aliphatic rings. The van der Waals surface area contributed by atoms with E-state index in [1.54, 1.807) is 24.5 Å². The zero-order chi connectivity index (χ0) is 24.6. The summed E-state index contributed by atoms with van der Waals surface area (Å²) in [5, 5.41) is 2.90. The summed E-state index contributed by atoms with van der Waals surface area (Å²) >= 11 is 1.56. The Morgan fingerprint density at radius 2 is 1.94 bits per heavy atom. The van der Waals surface area contributed by atoms with Crippen LogP contribution in [-0.2, 0) is 17.9 Å². The number of carbonyl (C=O) groups is 1. The zero-order valence-corrected chi connectivity index (χ0v) is 21.5. The van der Waals surface area contributed by atoms with E-state index in [1.807, 2.05) is 40.6 Å². The molecule has 0 atom stereocenters. The van der Waals surface area contributed by atoms with Gasteiger partial charge < -0.3 is 19.1 Å². The summed E-state index contributed by atoms with van der Waals surface area (Å²) in [6.07, 6.45) is 0. The van der Waals surface area contributed by atoms with Crippen molar-refractivity contribution in [1.29, 1.82) is 0 Å². The number of thiazole rings is 1. The molecule has 0 N–H and O–H groups in total. The number of aryl methyl sites for hydroxylation is 2. The molecule has 0 bridgehead atoms. The van der Waals surface area contributed by atoms with Gasteiger partial charge in [0, 0.05) is 37.1 Å². The standard InChI is InChI=1S/C27H33N3O4S/c1-20-7-8-25(15-21(20)2)34-18-26-28-23(19-35-26)17-30(10-9-29-11-13-33-14-12-29)27(31)22-5-4-6-24(16-22)32-3/h4-8,15-16,19H,9-14,17-18H2,1-3H3. The molecule has 1 aliphatic heterocycles. The lowest BCUT2D eigenvalue weighted by Gasteiger charge is -2.30. The molecule has 8 heteroatoms. The van der Waals surface area contributed by atoms with E-state index in [1.165, 1.54) is 11.1 Å². The van der Waals surface area contributed by atoms with Gasteiger partial charge in [0.1, 0.15) is 23.1 Å². The van der Waals surface area contributed by atoms with Crippen molar-refractivity contribution in [2.24, 2.45) is 0 Å². The maximum Gasteiger partial charge on any atom is 0.254 e. The van der Waals surface area contributed by atoms with Crippen LogP contribution in [0.1, 0.15) is 32.2 Å². The number of rotatable bonds is 10. The fraction of sp³-hybridized carbons (Fsp3) is 0.407. The van der Waals surface area contributed by atoms with Crippen LogP contribution >= 0.6 is 11.3 Å². The molecule has 0 aliphatic carbocycles. The number of hydrogen-bond donors (Lipinski definition) is 0. The lowest BCUT2D eigenvalue weighted by atomic mass is 10.1. The van der Waals surface area contributed by atoms with Gasteiger partial charge in [0.05, 0.1) is 32.6 Å². The molecule has 0 spiro atoms. The van der Waals surface area contributed by atoms with Crippen LogP contribution in [0.25, 0.3) is 0 Å². The van der Waals surface area contributed by atoms with Gasteiger partial charge in [-0.25, -0.2) is 4.98 Å². The minimum absolute atomic E-state index is 0.0295. The van der Waals surface area contributed by atoms with Crippen LogP contribution < -0.4 is 9.47 Å². The van der Waals surface area contributed by atoms with Crippen LogP contribution in [0.2, 0.25) is 0 Å². The molecular formula is C27H33N3O4S. The lowest BCUT2D eigenvalue weighted by Crippen LogP contribution is -2.43. The van der Waals surface area contributed by atoms with Crippen molar-refractivity contribution >= 4 is 17.2 Å². The first-order chi connectivity index (χ1) is 17.0. The van der Waals surface area contributed by atoms with Gasteiger partial charge in [-0.3, -0.25) is 9.69 Å². The highest BCUT2D eigenvalue weighted by molar-refractivity contribution is 7.09. The Morgan fingerprint density at radius 3 is 2.71 bits per heavy atom. The average Bonchev–Trinajstić information content (AvgIpc) is 3.34. The monoisotopic (exact) mass is 495 g/mol. The van der Waals surface area contributed by atoms with Gasteiger partial charge in [-0.15, -0.1) is 11.3 Å². The first-order valence-corrected chi connectivity index (χ1v) is 12.8. The molecule has 3 aromatic rings. The Labute approximate surface area is 211 Å². The molecule has 0 radical (unpaired) electrons. The topological polar surface area (TPSA) is 64.1 Å².